The SMILES string of the molecule is O=C(Nc1ccc(Cl)cc1[C@@H](O)c1ccc(Cl)c(Cl)c1)c1ccncc1. The van der Waals surface area contributed by atoms with Crippen LogP contribution in [0.3, 0.4) is 0 Å². The number of hydrogen-bond acceptors (Lipinski definition) is 3. The third-order valence-electron chi connectivity index (χ3n) is 3.76. The van der Waals surface area contributed by atoms with Gasteiger partial charge in [0.05, 0.1) is 10.0 Å². The Labute approximate surface area is 165 Å². The minimum atomic E-state index is -1.05. The lowest BCUT2D eigenvalue weighted by Crippen LogP contribution is -2.14. The second-order valence-corrected chi connectivity index (χ2v) is 6.75. The molecule has 0 saturated carbocycles. The number of nitrogens with zero attached hydrogens (tertiary/aromatic N) is 1. The van der Waals surface area contributed by atoms with Gasteiger partial charge in [-0.1, -0.05) is 40.9 Å². The van der Waals surface area contributed by atoms with Crippen molar-refractivity contribution in [1.82, 2.24) is 4.98 Å². The Balaban J connectivity index is 1.95. The minimum Gasteiger partial charge on any atom is -0.384 e. The molecule has 0 radical (unpaired) electrons. The van der Waals surface area contributed by atoms with Crippen molar-refractivity contribution in [2.75, 3.05) is 5.32 Å². The number of aliphatic hydroxyl groups is 1. The van der Waals surface area contributed by atoms with E-state index < -0.39 is 6.10 Å². The van der Waals surface area contributed by atoms with Crippen molar-refractivity contribution in [2.45, 2.75) is 6.10 Å². The van der Waals surface area contributed by atoms with Gasteiger partial charge < -0.3 is 10.4 Å². The Hall–Kier alpha value is -2.11. The van der Waals surface area contributed by atoms with E-state index >= 15 is 0 Å². The lowest BCUT2D eigenvalue weighted by molar-refractivity contribution is 0.102. The maximum atomic E-state index is 12.4. The van der Waals surface area contributed by atoms with E-state index in [1.54, 1.807) is 48.5 Å². The first-order valence-corrected chi connectivity index (χ1v) is 8.73. The zero-order valence-corrected chi connectivity index (χ0v) is 15.6. The molecular formula is C19H13Cl3N2O2. The summed E-state index contributed by atoms with van der Waals surface area (Å²) in [4.78, 5) is 16.3. The predicted molar refractivity (Wildman–Crippen MR) is 104 cm³/mol. The number of anilines is 1. The first-order valence-electron chi connectivity index (χ1n) is 7.59. The summed E-state index contributed by atoms with van der Waals surface area (Å²) in [5, 5.41) is 14.7. The second kappa shape index (κ2) is 8.06. The van der Waals surface area contributed by atoms with E-state index in [1.165, 1.54) is 12.4 Å². The second-order valence-electron chi connectivity index (χ2n) is 5.50. The Bertz CT molecular complexity index is 949. The fraction of sp³-hybridized carbons (Fsp3) is 0.0526. The van der Waals surface area contributed by atoms with Crippen molar-refractivity contribution in [3.63, 3.8) is 0 Å². The van der Waals surface area contributed by atoms with Gasteiger partial charge in [0.1, 0.15) is 6.10 Å². The largest absolute Gasteiger partial charge is 0.384 e. The highest BCUT2D eigenvalue weighted by atomic mass is 35.5. The van der Waals surface area contributed by atoms with Crippen LogP contribution in [0.15, 0.2) is 60.9 Å². The summed E-state index contributed by atoms with van der Waals surface area (Å²) in [6.45, 7) is 0. The molecule has 0 fully saturated rings. The molecule has 3 rings (SSSR count). The molecule has 0 saturated heterocycles. The van der Waals surface area contributed by atoms with Crippen molar-refractivity contribution >= 4 is 46.4 Å². The summed E-state index contributed by atoms with van der Waals surface area (Å²) in [6, 6.07) is 12.9. The number of pyridine rings is 1. The van der Waals surface area contributed by atoms with Gasteiger partial charge in [0.25, 0.3) is 5.91 Å². The molecule has 3 aromatic rings. The number of nitrogens with one attached hydrogen (secondary N) is 1. The van der Waals surface area contributed by atoms with Crippen molar-refractivity contribution in [3.05, 3.63) is 92.7 Å². The van der Waals surface area contributed by atoms with Gasteiger partial charge in [-0.25, -0.2) is 0 Å². The highest BCUT2D eigenvalue weighted by Gasteiger charge is 2.18. The van der Waals surface area contributed by atoms with Crippen LogP contribution < -0.4 is 5.32 Å². The summed E-state index contributed by atoms with van der Waals surface area (Å²) >= 11 is 18.0. The molecule has 132 valence electrons. The molecular weight excluding hydrogens is 395 g/mol. The van der Waals surface area contributed by atoms with Gasteiger partial charge in [-0.2, -0.15) is 0 Å². The highest BCUT2D eigenvalue weighted by Crippen LogP contribution is 2.33. The summed E-state index contributed by atoms with van der Waals surface area (Å²) in [6.07, 6.45) is 2.01. The van der Waals surface area contributed by atoms with Gasteiger partial charge in [-0.3, -0.25) is 9.78 Å². The molecule has 1 heterocycles. The van der Waals surface area contributed by atoms with E-state index in [1.807, 2.05) is 0 Å². The number of aromatic nitrogens is 1. The van der Waals surface area contributed by atoms with Crippen LogP contribution in [-0.2, 0) is 0 Å². The Kier molecular flexibility index (Phi) is 5.79. The van der Waals surface area contributed by atoms with Crippen molar-refractivity contribution in [2.24, 2.45) is 0 Å². The standard InChI is InChI=1S/C19H13Cl3N2O2/c20-13-2-4-17(24-19(26)11-5-7-23-8-6-11)14(10-13)18(25)12-1-3-15(21)16(22)9-12/h1-10,18,25H,(H,24,26)/t18-/m0/s1. The number of rotatable bonds is 4. The number of halogens is 3. The molecule has 0 aliphatic heterocycles. The maximum absolute atomic E-state index is 12.4. The van der Waals surface area contributed by atoms with Crippen LogP contribution in [0.4, 0.5) is 5.69 Å². The molecule has 2 N–H and O–H groups in total. The summed E-state index contributed by atoms with van der Waals surface area (Å²) in [5.74, 6) is -0.322. The number of carbonyl (C=O) groups excluding carboxylic acids is 1. The predicted octanol–water partition coefficient (Wildman–Crippen LogP) is 5.38. The molecule has 1 atom stereocenters. The average Bonchev–Trinajstić information content (AvgIpc) is 2.65. The zero-order chi connectivity index (χ0) is 18.7. The van der Waals surface area contributed by atoms with Crippen LogP contribution in [0.1, 0.15) is 27.6 Å². The van der Waals surface area contributed by atoms with E-state index in [9.17, 15) is 9.90 Å². The molecule has 0 aliphatic rings. The van der Waals surface area contributed by atoms with Gasteiger partial charge in [0.2, 0.25) is 0 Å². The van der Waals surface area contributed by atoms with Crippen molar-refractivity contribution in [1.29, 1.82) is 0 Å². The Morgan fingerprint density at radius 1 is 0.962 bits per heavy atom. The van der Waals surface area contributed by atoms with E-state index in [4.69, 9.17) is 34.8 Å². The maximum Gasteiger partial charge on any atom is 0.255 e. The molecule has 1 aromatic heterocycles. The quantitative estimate of drug-likeness (QED) is 0.610. The molecule has 7 heteroatoms. The molecule has 2 aromatic carbocycles. The van der Waals surface area contributed by atoms with Crippen LogP contribution >= 0.6 is 34.8 Å². The average molecular weight is 408 g/mol. The molecule has 0 unspecified atom stereocenters. The molecule has 0 aliphatic carbocycles. The highest BCUT2D eigenvalue weighted by molar-refractivity contribution is 6.42. The lowest BCUT2D eigenvalue weighted by Gasteiger charge is -2.17. The summed E-state index contributed by atoms with van der Waals surface area (Å²) < 4.78 is 0. The number of aliphatic hydroxyl groups excluding tert-OH is 1. The van der Waals surface area contributed by atoms with Gasteiger partial charge in [0, 0.05) is 34.2 Å². The molecule has 1 amide bonds. The van der Waals surface area contributed by atoms with Crippen LogP contribution in [0.2, 0.25) is 15.1 Å². The molecule has 4 nitrogen and oxygen atoms in total. The number of benzene rings is 2. The number of hydrogen-bond donors (Lipinski definition) is 2. The fourth-order valence-electron chi connectivity index (χ4n) is 2.43. The first kappa shape index (κ1) is 18.7. The van der Waals surface area contributed by atoms with Gasteiger partial charge in [0.15, 0.2) is 0 Å². The normalized spacial score (nSPS) is 11.8. The lowest BCUT2D eigenvalue weighted by atomic mass is 9.99. The first-order chi connectivity index (χ1) is 12.5. The Morgan fingerprint density at radius 3 is 2.38 bits per heavy atom. The van der Waals surface area contributed by atoms with Gasteiger partial charge in [-0.05, 0) is 48.0 Å². The summed E-state index contributed by atoms with van der Waals surface area (Å²) in [7, 11) is 0. The number of amides is 1. The fourth-order valence-corrected chi connectivity index (χ4v) is 2.92. The molecule has 0 bridgehead atoms. The van der Waals surface area contributed by atoms with E-state index in [0.29, 0.717) is 37.4 Å². The van der Waals surface area contributed by atoms with Crippen LogP contribution in [0.5, 0.6) is 0 Å². The van der Waals surface area contributed by atoms with Gasteiger partial charge >= 0.3 is 0 Å². The van der Waals surface area contributed by atoms with Crippen LogP contribution in [0, 0.1) is 0 Å². The zero-order valence-electron chi connectivity index (χ0n) is 13.3. The van der Waals surface area contributed by atoms with Crippen molar-refractivity contribution in [3.8, 4) is 0 Å². The van der Waals surface area contributed by atoms with Crippen LogP contribution in [0.25, 0.3) is 0 Å². The van der Waals surface area contributed by atoms with Crippen LogP contribution in [-0.4, -0.2) is 16.0 Å². The van der Waals surface area contributed by atoms with E-state index in [2.05, 4.69) is 10.3 Å². The summed E-state index contributed by atoms with van der Waals surface area (Å²) in [5.41, 5.74) is 1.86. The number of carbonyl (C=O) groups is 1. The smallest absolute Gasteiger partial charge is 0.255 e. The third-order valence-corrected chi connectivity index (χ3v) is 4.73. The molecule has 26 heavy (non-hydrogen) atoms. The topological polar surface area (TPSA) is 62.2 Å². The monoisotopic (exact) mass is 406 g/mol. The van der Waals surface area contributed by atoms with E-state index in [-0.39, 0.29) is 5.91 Å². The minimum absolute atomic E-state index is 0.322. The third kappa shape index (κ3) is 4.17. The van der Waals surface area contributed by atoms with Gasteiger partial charge in [-0.15, -0.1) is 0 Å². The van der Waals surface area contributed by atoms with E-state index in [0.717, 1.165) is 0 Å². The molecule has 0 spiro atoms. The Morgan fingerprint density at radius 2 is 1.69 bits per heavy atom. The van der Waals surface area contributed by atoms with Crippen molar-refractivity contribution < 1.29 is 9.90 Å².